The average molecular weight is 534 g/mol. The molecule has 1 aliphatic carbocycles. The number of aliphatic hydroxyl groups is 2. The number of aliphatic hydroxyl groups excluding tert-OH is 2. The minimum absolute atomic E-state index is 0.0283. The molecule has 4 rings (SSSR count). The Balaban J connectivity index is 0.00000195. The van der Waals surface area contributed by atoms with Gasteiger partial charge >= 0.3 is 11.9 Å². The first-order valence-electron chi connectivity index (χ1n) is 13.3. The zero-order valence-corrected chi connectivity index (χ0v) is 23.4. The first kappa shape index (κ1) is 30.1. The third kappa shape index (κ3) is 5.91. The van der Waals surface area contributed by atoms with E-state index in [1.54, 1.807) is 25.3 Å². The van der Waals surface area contributed by atoms with Crippen molar-refractivity contribution in [1.82, 2.24) is 4.98 Å². The minimum Gasteiger partial charge on any atom is -0.457 e. The monoisotopic (exact) mass is 533 g/mol. The summed E-state index contributed by atoms with van der Waals surface area (Å²) in [6.07, 6.45) is 5.97. The van der Waals surface area contributed by atoms with Crippen LogP contribution in [0.15, 0.2) is 42.1 Å². The maximum Gasteiger partial charge on any atom is 0.355 e. The highest BCUT2D eigenvalue weighted by atomic mass is 16.6. The number of nitrogens with one attached hydrogen (secondary N) is 1. The van der Waals surface area contributed by atoms with Crippen molar-refractivity contribution in [3.8, 4) is 0 Å². The first-order valence-corrected chi connectivity index (χ1v) is 13.3. The normalized spacial score (nSPS) is 35.6. The summed E-state index contributed by atoms with van der Waals surface area (Å²) in [4.78, 5) is 28.7. The molecule has 0 aromatic carbocycles. The summed E-state index contributed by atoms with van der Waals surface area (Å²) < 4.78 is 24.2. The van der Waals surface area contributed by atoms with E-state index in [-0.39, 0.29) is 29.8 Å². The highest BCUT2D eigenvalue weighted by molar-refractivity contribution is 5.87. The quantitative estimate of drug-likeness (QED) is 0.375. The van der Waals surface area contributed by atoms with Gasteiger partial charge in [0.2, 0.25) is 0 Å². The van der Waals surface area contributed by atoms with Gasteiger partial charge in [0.05, 0.1) is 11.7 Å². The van der Waals surface area contributed by atoms with E-state index in [0.29, 0.717) is 18.5 Å². The predicted molar refractivity (Wildman–Crippen MR) is 141 cm³/mol. The second kappa shape index (κ2) is 12.6. The second-order valence-corrected chi connectivity index (χ2v) is 10.8. The summed E-state index contributed by atoms with van der Waals surface area (Å²) in [6, 6.07) is 3.46. The fraction of sp³-hybridized carbons (Fsp3) is 0.655. The maximum atomic E-state index is 13.0. The van der Waals surface area contributed by atoms with Crippen molar-refractivity contribution in [2.75, 3.05) is 14.2 Å². The van der Waals surface area contributed by atoms with Crippen molar-refractivity contribution in [3.63, 3.8) is 0 Å². The van der Waals surface area contributed by atoms with Gasteiger partial charge in [-0.1, -0.05) is 39.0 Å². The summed E-state index contributed by atoms with van der Waals surface area (Å²) in [6.45, 7) is 9.65. The van der Waals surface area contributed by atoms with Crippen molar-refractivity contribution in [1.29, 1.82) is 0 Å². The van der Waals surface area contributed by atoms with E-state index >= 15 is 0 Å². The Labute approximate surface area is 225 Å². The Morgan fingerprint density at radius 3 is 2.50 bits per heavy atom. The van der Waals surface area contributed by atoms with Crippen LogP contribution >= 0.6 is 0 Å². The number of fused-ring (bicyclic) bond motifs is 1. The van der Waals surface area contributed by atoms with E-state index in [1.807, 2.05) is 27.7 Å². The molecule has 9 heteroatoms. The zero-order valence-electron chi connectivity index (χ0n) is 23.4. The SMILES string of the molecule is CO.CO[C@H]1C[C@H]2C=C[C@@H]3CC2(OC3[C@H](OC(=O)c2ccc[nH]2)C(C)C)/C(C)=C/C(C)[C@@H](C(C)O)OC1=O. The summed E-state index contributed by atoms with van der Waals surface area (Å²) in [5.74, 6) is -1.18. The summed E-state index contributed by atoms with van der Waals surface area (Å²) >= 11 is 0. The molecule has 1 spiro atoms. The van der Waals surface area contributed by atoms with Crippen LogP contribution in [-0.2, 0) is 23.7 Å². The van der Waals surface area contributed by atoms with Gasteiger partial charge in [0.1, 0.15) is 24.0 Å². The molecular weight excluding hydrogens is 490 g/mol. The van der Waals surface area contributed by atoms with Gasteiger partial charge in [-0.2, -0.15) is 0 Å². The summed E-state index contributed by atoms with van der Waals surface area (Å²) in [7, 11) is 2.50. The van der Waals surface area contributed by atoms with Gasteiger partial charge in [-0.25, -0.2) is 9.59 Å². The van der Waals surface area contributed by atoms with Crippen molar-refractivity contribution in [2.45, 2.75) is 83.6 Å². The lowest BCUT2D eigenvalue weighted by Gasteiger charge is -2.41. The van der Waals surface area contributed by atoms with Gasteiger partial charge in [-0.15, -0.1) is 0 Å². The molecule has 0 amide bonds. The van der Waals surface area contributed by atoms with Gasteiger partial charge in [-0.3, -0.25) is 0 Å². The minimum atomic E-state index is -0.841. The van der Waals surface area contributed by atoms with Crippen LogP contribution in [0.1, 0.15) is 57.9 Å². The fourth-order valence-corrected chi connectivity index (χ4v) is 6.05. The molecule has 3 aliphatic rings. The number of hydrogen-bond acceptors (Lipinski definition) is 8. The number of ether oxygens (including phenoxy) is 4. The van der Waals surface area contributed by atoms with Gasteiger partial charge in [0, 0.05) is 38.2 Å². The van der Waals surface area contributed by atoms with Crippen molar-refractivity contribution >= 4 is 11.9 Å². The number of rotatable bonds is 6. The molecule has 3 N–H and O–H groups in total. The average Bonchev–Trinajstić information content (AvgIpc) is 3.53. The molecule has 212 valence electrons. The molecule has 1 aromatic rings. The zero-order chi connectivity index (χ0) is 28.2. The molecule has 9 atom stereocenters. The van der Waals surface area contributed by atoms with Crippen LogP contribution in [0.5, 0.6) is 0 Å². The lowest BCUT2D eigenvalue weighted by molar-refractivity contribution is -0.172. The van der Waals surface area contributed by atoms with Crippen molar-refractivity contribution < 1.29 is 38.7 Å². The van der Waals surface area contributed by atoms with Crippen molar-refractivity contribution in [3.05, 3.63) is 47.8 Å². The van der Waals surface area contributed by atoms with Gasteiger partial charge < -0.3 is 34.1 Å². The van der Waals surface area contributed by atoms with E-state index in [9.17, 15) is 14.7 Å². The molecule has 1 aromatic heterocycles. The number of H-pyrrole nitrogens is 1. The molecule has 1 saturated heterocycles. The smallest absolute Gasteiger partial charge is 0.355 e. The Morgan fingerprint density at radius 2 is 1.92 bits per heavy atom. The Hall–Kier alpha value is -2.46. The molecular formula is C29H43NO8. The highest BCUT2D eigenvalue weighted by Crippen LogP contribution is 2.53. The number of esters is 2. The fourth-order valence-electron chi connectivity index (χ4n) is 6.05. The van der Waals surface area contributed by atoms with Crippen LogP contribution in [0.3, 0.4) is 0 Å². The summed E-state index contributed by atoms with van der Waals surface area (Å²) in [5, 5.41) is 17.3. The third-order valence-corrected chi connectivity index (χ3v) is 7.98. The molecule has 38 heavy (non-hydrogen) atoms. The lowest BCUT2D eigenvalue weighted by Crippen LogP contribution is -2.47. The molecule has 1 fully saturated rings. The van der Waals surface area contributed by atoms with Crippen LogP contribution in [0.4, 0.5) is 0 Å². The third-order valence-electron chi connectivity index (χ3n) is 7.98. The standard InChI is InChI=1S/C28H39NO7.CH4O/c1-15(2)23(34-26(31)21-8-7-11-29-21)25-19-9-10-20-13-22(33-6)27(32)35-24(18(5)30)16(3)12-17(4)28(20,14-19)36-25;1-2/h7-12,15-16,18-20,22-25,29-30H,13-14H2,1-6H3;2H,1H3/b17-12+;/t16?,18?,19-,20-,22+,23-,24+,25?,28?;/m1./s1. The Morgan fingerprint density at radius 1 is 1.21 bits per heavy atom. The van der Waals surface area contributed by atoms with Crippen LogP contribution in [-0.4, -0.2) is 77.5 Å². The first-order chi connectivity index (χ1) is 18.1. The van der Waals surface area contributed by atoms with E-state index in [2.05, 4.69) is 23.2 Å². The highest BCUT2D eigenvalue weighted by Gasteiger charge is 2.57. The van der Waals surface area contributed by atoms with Crippen LogP contribution in [0.2, 0.25) is 0 Å². The van der Waals surface area contributed by atoms with Crippen LogP contribution in [0.25, 0.3) is 0 Å². The van der Waals surface area contributed by atoms with Gasteiger partial charge in [0.25, 0.3) is 0 Å². The van der Waals surface area contributed by atoms with Crippen LogP contribution in [0, 0.1) is 23.7 Å². The molecule has 2 bridgehead atoms. The molecule has 2 aliphatic heterocycles. The van der Waals surface area contributed by atoms with Gasteiger partial charge in [0.15, 0.2) is 6.10 Å². The number of hydrogen-bond donors (Lipinski definition) is 3. The molecule has 9 nitrogen and oxygen atoms in total. The second-order valence-electron chi connectivity index (χ2n) is 10.8. The molecule has 0 radical (unpaired) electrons. The van der Waals surface area contributed by atoms with Crippen molar-refractivity contribution in [2.24, 2.45) is 23.7 Å². The number of cyclic esters (lactones) is 1. The number of carbonyl (C=O) groups is 2. The van der Waals surface area contributed by atoms with E-state index in [0.717, 1.165) is 12.7 Å². The maximum absolute atomic E-state index is 13.0. The Kier molecular flexibility index (Phi) is 9.97. The molecule has 4 unspecified atom stereocenters. The van der Waals surface area contributed by atoms with Gasteiger partial charge in [-0.05, 0) is 50.3 Å². The molecule has 3 heterocycles. The number of methoxy groups -OCH3 is 1. The number of carbonyl (C=O) groups excluding carboxylic acids is 2. The number of aromatic amines is 1. The van der Waals surface area contributed by atoms with E-state index < -0.39 is 42.0 Å². The summed E-state index contributed by atoms with van der Waals surface area (Å²) in [5.41, 5.74) is 0.748. The molecule has 0 saturated carbocycles. The predicted octanol–water partition coefficient (Wildman–Crippen LogP) is 3.43. The van der Waals surface area contributed by atoms with Crippen LogP contribution < -0.4 is 0 Å². The Bertz CT molecular complexity index is 1000. The van der Waals surface area contributed by atoms with E-state index in [1.165, 1.54) is 7.11 Å². The largest absolute Gasteiger partial charge is 0.457 e. The number of aromatic nitrogens is 1. The topological polar surface area (TPSA) is 127 Å². The van der Waals surface area contributed by atoms with E-state index in [4.69, 9.17) is 24.1 Å². The lowest BCUT2D eigenvalue weighted by atomic mass is 9.69.